The van der Waals surface area contributed by atoms with Crippen molar-refractivity contribution in [1.29, 1.82) is 0 Å². The van der Waals surface area contributed by atoms with E-state index in [9.17, 15) is 4.39 Å². The average Bonchev–Trinajstić information content (AvgIpc) is 2.88. The van der Waals surface area contributed by atoms with Crippen molar-refractivity contribution in [2.24, 2.45) is 0 Å². The molecule has 1 aromatic carbocycles. The molecule has 1 aromatic heterocycles. The minimum absolute atomic E-state index is 0.288. The van der Waals surface area contributed by atoms with Gasteiger partial charge in [-0.05, 0) is 12.1 Å². The molecule has 0 spiro atoms. The number of nitrogens with zero attached hydrogens (tertiary/aromatic N) is 1. The van der Waals surface area contributed by atoms with Gasteiger partial charge in [-0.25, -0.2) is 9.37 Å². The lowest BCUT2D eigenvalue weighted by Crippen LogP contribution is -2.31. The van der Waals surface area contributed by atoms with Crippen LogP contribution < -0.4 is 10.1 Å². The number of nitrogens with one attached hydrogen (secondary N) is 2. The van der Waals surface area contributed by atoms with E-state index in [1.807, 2.05) is 0 Å². The molecule has 100 valence electrons. The molecule has 0 bridgehead atoms. The van der Waals surface area contributed by atoms with Crippen LogP contribution >= 0.6 is 11.6 Å². The van der Waals surface area contributed by atoms with Gasteiger partial charge < -0.3 is 15.0 Å². The molecule has 1 aliphatic rings. The number of aromatic amines is 1. The van der Waals surface area contributed by atoms with Gasteiger partial charge in [-0.3, -0.25) is 0 Å². The highest BCUT2D eigenvalue weighted by atomic mass is 35.5. The minimum atomic E-state index is -0.362. The number of rotatable bonds is 2. The lowest BCUT2D eigenvalue weighted by Gasteiger charge is -2.25. The SMILES string of the molecule is COc1ccc(F)c(C2NCCc3[nH]cnc32)c1Cl. The summed E-state index contributed by atoms with van der Waals surface area (Å²) in [6.45, 7) is 0.743. The Morgan fingerprint density at radius 1 is 1.47 bits per heavy atom. The van der Waals surface area contributed by atoms with Crippen molar-refractivity contribution in [2.75, 3.05) is 13.7 Å². The van der Waals surface area contributed by atoms with Gasteiger partial charge in [-0.2, -0.15) is 0 Å². The van der Waals surface area contributed by atoms with Crippen LogP contribution in [0.25, 0.3) is 0 Å². The molecule has 6 heteroatoms. The number of hydrogen-bond donors (Lipinski definition) is 2. The quantitative estimate of drug-likeness (QED) is 0.889. The summed E-state index contributed by atoms with van der Waals surface area (Å²) in [6.07, 6.45) is 2.46. The standard InChI is InChI=1S/C13H13ClFN3O/c1-19-9-3-2-7(15)10(11(9)14)13-12-8(4-5-16-13)17-6-18-12/h2-3,6,13,16H,4-5H2,1H3,(H,17,18). The highest BCUT2D eigenvalue weighted by Crippen LogP contribution is 2.37. The maximum Gasteiger partial charge on any atom is 0.138 e. The lowest BCUT2D eigenvalue weighted by atomic mass is 9.97. The average molecular weight is 282 g/mol. The van der Waals surface area contributed by atoms with Crippen LogP contribution in [0.5, 0.6) is 5.75 Å². The van der Waals surface area contributed by atoms with E-state index in [0.29, 0.717) is 11.3 Å². The molecule has 0 amide bonds. The number of fused-ring (bicyclic) bond motifs is 1. The van der Waals surface area contributed by atoms with Gasteiger partial charge >= 0.3 is 0 Å². The maximum atomic E-state index is 14.1. The van der Waals surface area contributed by atoms with E-state index >= 15 is 0 Å². The second kappa shape index (κ2) is 4.83. The first-order valence-corrected chi connectivity index (χ1v) is 6.37. The first kappa shape index (κ1) is 12.4. The second-order valence-corrected chi connectivity index (χ2v) is 4.76. The molecular formula is C13H13ClFN3O. The van der Waals surface area contributed by atoms with Crippen LogP contribution in [-0.2, 0) is 6.42 Å². The van der Waals surface area contributed by atoms with Gasteiger partial charge in [0.25, 0.3) is 0 Å². The molecule has 0 saturated carbocycles. The molecule has 0 fully saturated rings. The summed E-state index contributed by atoms with van der Waals surface area (Å²) < 4.78 is 19.3. The topological polar surface area (TPSA) is 49.9 Å². The molecule has 0 aliphatic carbocycles. The number of halogens is 2. The predicted octanol–water partition coefficient (Wildman–Crippen LogP) is 2.45. The second-order valence-electron chi connectivity index (χ2n) is 4.38. The van der Waals surface area contributed by atoms with E-state index in [2.05, 4.69) is 15.3 Å². The van der Waals surface area contributed by atoms with Crippen LogP contribution in [-0.4, -0.2) is 23.6 Å². The highest BCUT2D eigenvalue weighted by Gasteiger charge is 2.29. The van der Waals surface area contributed by atoms with Gasteiger partial charge in [0.05, 0.1) is 30.2 Å². The molecule has 4 nitrogen and oxygen atoms in total. The maximum absolute atomic E-state index is 14.1. The first-order chi connectivity index (χ1) is 9.22. The number of benzene rings is 1. The van der Waals surface area contributed by atoms with Crippen LogP contribution in [0.15, 0.2) is 18.5 Å². The molecule has 3 rings (SSSR count). The van der Waals surface area contributed by atoms with Crippen molar-refractivity contribution in [3.8, 4) is 5.75 Å². The number of imidazole rings is 1. The molecule has 2 N–H and O–H groups in total. The third kappa shape index (κ3) is 1.99. The van der Waals surface area contributed by atoms with Crippen molar-refractivity contribution >= 4 is 11.6 Å². The van der Waals surface area contributed by atoms with Gasteiger partial charge in [0.2, 0.25) is 0 Å². The Bertz CT molecular complexity index is 614. The van der Waals surface area contributed by atoms with Gasteiger partial charge in [0, 0.05) is 24.2 Å². The molecule has 0 saturated heterocycles. The summed E-state index contributed by atoms with van der Waals surface area (Å²) >= 11 is 6.24. The number of aromatic nitrogens is 2. The Labute approximate surface area is 115 Å². The molecule has 19 heavy (non-hydrogen) atoms. The summed E-state index contributed by atoms with van der Waals surface area (Å²) in [7, 11) is 1.51. The zero-order valence-electron chi connectivity index (χ0n) is 10.3. The Morgan fingerprint density at radius 2 is 2.32 bits per heavy atom. The summed E-state index contributed by atoms with van der Waals surface area (Å²) in [5.41, 5.74) is 2.19. The van der Waals surface area contributed by atoms with Gasteiger partial charge in [0.15, 0.2) is 0 Å². The first-order valence-electron chi connectivity index (χ1n) is 5.99. The van der Waals surface area contributed by atoms with E-state index in [-0.39, 0.29) is 16.9 Å². The van der Waals surface area contributed by atoms with E-state index in [4.69, 9.17) is 16.3 Å². The number of ether oxygens (including phenoxy) is 1. The van der Waals surface area contributed by atoms with Crippen LogP contribution in [0.3, 0.4) is 0 Å². The van der Waals surface area contributed by atoms with E-state index in [1.165, 1.54) is 19.2 Å². The molecule has 2 aromatic rings. The van der Waals surface area contributed by atoms with Crippen LogP contribution in [0.2, 0.25) is 5.02 Å². The van der Waals surface area contributed by atoms with E-state index in [1.54, 1.807) is 6.33 Å². The minimum Gasteiger partial charge on any atom is -0.495 e. The Hall–Kier alpha value is -1.59. The zero-order valence-corrected chi connectivity index (χ0v) is 11.1. The van der Waals surface area contributed by atoms with Gasteiger partial charge in [0.1, 0.15) is 11.6 Å². The highest BCUT2D eigenvalue weighted by molar-refractivity contribution is 6.33. The normalized spacial score (nSPS) is 18.2. The van der Waals surface area contributed by atoms with Crippen molar-refractivity contribution in [3.63, 3.8) is 0 Å². The fraction of sp³-hybridized carbons (Fsp3) is 0.308. The summed E-state index contributed by atoms with van der Waals surface area (Å²) in [5.74, 6) is 0.0988. The zero-order chi connectivity index (χ0) is 13.4. The van der Waals surface area contributed by atoms with E-state index in [0.717, 1.165) is 24.4 Å². The monoisotopic (exact) mass is 281 g/mol. The molecule has 2 heterocycles. The van der Waals surface area contributed by atoms with Gasteiger partial charge in [-0.1, -0.05) is 11.6 Å². The largest absolute Gasteiger partial charge is 0.495 e. The van der Waals surface area contributed by atoms with Crippen LogP contribution in [0.4, 0.5) is 4.39 Å². The summed E-state index contributed by atoms with van der Waals surface area (Å²) in [5, 5.41) is 3.54. The fourth-order valence-electron chi connectivity index (χ4n) is 2.43. The molecule has 1 unspecified atom stereocenters. The number of methoxy groups -OCH3 is 1. The third-order valence-corrected chi connectivity index (χ3v) is 3.74. The smallest absolute Gasteiger partial charge is 0.138 e. The van der Waals surface area contributed by atoms with E-state index < -0.39 is 0 Å². The summed E-state index contributed by atoms with van der Waals surface area (Å²) in [4.78, 5) is 7.35. The number of H-pyrrole nitrogens is 1. The van der Waals surface area contributed by atoms with Crippen molar-refractivity contribution in [1.82, 2.24) is 15.3 Å². The Morgan fingerprint density at radius 3 is 3.11 bits per heavy atom. The Kier molecular flexibility index (Phi) is 3.16. The fourth-order valence-corrected chi connectivity index (χ4v) is 2.77. The van der Waals surface area contributed by atoms with Crippen molar-refractivity contribution in [3.05, 3.63) is 46.3 Å². The van der Waals surface area contributed by atoms with Crippen molar-refractivity contribution < 1.29 is 9.13 Å². The van der Waals surface area contributed by atoms with Crippen molar-refractivity contribution in [2.45, 2.75) is 12.5 Å². The summed E-state index contributed by atoms with van der Waals surface area (Å²) in [6, 6.07) is 2.54. The Balaban J connectivity index is 2.14. The van der Waals surface area contributed by atoms with Gasteiger partial charge in [-0.15, -0.1) is 0 Å². The predicted molar refractivity (Wildman–Crippen MR) is 70.1 cm³/mol. The lowest BCUT2D eigenvalue weighted by molar-refractivity contribution is 0.411. The molecule has 1 aliphatic heterocycles. The van der Waals surface area contributed by atoms with Crippen LogP contribution in [0.1, 0.15) is 23.0 Å². The molecular weight excluding hydrogens is 269 g/mol. The third-order valence-electron chi connectivity index (χ3n) is 3.35. The van der Waals surface area contributed by atoms with Crippen LogP contribution in [0, 0.1) is 5.82 Å². The molecule has 0 radical (unpaired) electrons. The molecule has 1 atom stereocenters. The number of hydrogen-bond acceptors (Lipinski definition) is 3.